The predicted octanol–water partition coefficient (Wildman–Crippen LogP) is 1.32. The lowest BCUT2D eigenvalue weighted by atomic mass is 10.1. The van der Waals surface area contributed by atoms with E-state index in [1.165, 1.54) is 32.2 Å². The second-order valence-corrected chi connectivity index (χ2v) is 7.15. The first-order chi connectivity index (χ1) is 10.2. The summed E-state index contributed by atoms with van der Waals surface area (Å²) in [6, 6.07) is 0.145. The molecule has 0 aromatic carbocycles. The number of aliphatic hydroxyl groups is 1. The molecule has 21 heavy (non-hydrogen) atoms. The van der Waals surface area contributed by atoms with Gasteiger partial charge in [-0.2, -0.15) is 0 Å². The van der Waals surface area contributed by atoms with E-state index in [0.29, 0.717) is 12.5 Å². The molecule has 3 fully saturated rings. The maximum atomic E-state index is 11.8. The average molecular weight is 295 g/mol. The molecule has 3 N–H and O–H groups in total. The SMILES string of the molecule is O=C(NCC(O)C1CC1)NC1CCN(CC2CCCC2)C1. The Hall–Kier alpha value is -0.810. The summed E-state index contributed by atoms with van der Waals surface area (Å²) in [6.07, 6.45) is 8.44. The molecule has 120 valence electrons. The van der Waals surface area contributed by atoms with E-state index in [1.54, 1.807) is 0 Å². The van der Waals surface area contributed by atoms with E-state index in [4.69, 9.17) is 0 Å². The highest BCUT2D eigenvalue weighted by Crippen LogP contribution is 2.32. The fraction of sp³-hybridized carbons (Fsp3) is 0.938. The van der Waals surface area contributed by atoms with Gasteiger partial charge < -0.3 is 20.6 Å². The molecule has 0 spiro atoms. The molecule has 1 aliphatic heterocycles. The van der Waals surface area contributed by atoms with Crippen LogP contribution in [-0.4, -0.2) is 54.4 Å². The number of hydrogen-bond acceptors (Lipinski definition) is 3. The number of amides is 2. The minimum atomic E-state index is -0.363. The van der Waals surface area contributed by atoms with Crippen LogP contribution in [-0.2, 0) is 0 Å². The van der Waals surface area contributed by atoms with Crippen LogP contribution in [0, 0.1) is 11.8 Å². The molecule has 2 unspecified atom stereocenters. The zero-order chi connectivity index (χ0) is 14.7. The van der Waals surface area contributed by atoms with Gasteiger partial charge in [-0.3, -0.25) is 0 Å². The minimum absolute atomic E-state index is 0.123. The lowest BCUT2D eigenvalue weighted by molar-refractivity contribution is 0.148. The number of rotatable bonds is 6. The van der Waals surface area contributed by atoms with Gasteiger partial charge in [-0.1, -0.05) is 12.8 Å². The molecule has 0 radical (unpaired) electrons. The summed E-state index contributed by atoms with van der Waals surface area (Å²) in [5.74, 6) is 1.30. The molecule has 2 atom stereocenters. The summed E-state index contributed by atoms with van der Waals surface area (Å²) < 4.78 is 0. The van der Waals surface area contributed by atoms with Crippen molar-refractivity contribution in [2.24, 2.45) is 11.8 Å². The van der Waals surface area contributed by atoms with Crippen LogP contribution in [0.25, 0.3) is 0 Å². The van der Waals surface area contributed by atoms with Crippen LogP contribution in [0.5, 0.6) is 0 Å². The van der Waals surface area contributed by atoms with E-state index in [-0.39, 0.29) is 18.2 Å². The summed E-state index contributed by atoms with van der Waals surface area (Å²) in [6.45, 7) is 3.68. The number of carbonyl (C=O) groups excluding carboxylic acids is 1. The number of urea groups is 1. The number of aliphatic hydroxyl groups excluding tert-OH is 1. The second kappa shape index (κ2) is 6.97. The van der Waals surface area contributed by atoms with Crippen molar-refractivity contribution in [1.29, 1.82) is 0 Å². The lowest BCUT2D eigenvalue weighted by Gasteiger charge is -2.20. The molecule has 5 heteroatoms. The molecule has 2 saturated carbocycles. The molecule has 0 aromatic heterocycles. The summed E-state index contributed by atoms with van der Waals surface area (Å²) in [5.41, 5.74) is 0. The van der Waals surface area contributed by atoms with Crippen molar-refractivity contribution < 1.29 is 9.90 Å². The first-order valence-electron chi connectivity index (χ1n) is 8.65. The summed E-state index contributed by atoms with van der Waals surface area (Å²) in [5, 5.41) is 15.6. The van der Waals surface area contributed by atoms with E-state index >= 15 is 0 Å². The fourth-order valence-electron chi connectivity index (χ4n) is 3.76. The van der Waals surface area contributed by atoms with Crippen LogP contribution in [0.2, 0.25) is 0 Å². The number of nitrogens with one attached hydrogen (secondary N) is 2. The summed E-state index contributed by atoms with van der Waals surface area (Å²) in [7, 11) is 0. The Morgan fingerprint density at radius 2 is 1.95 bits per heavy atom. The molecule has 1 saturated heterocycles. The van der Waals surface area contributed by atoms with E-state index in [2.05, 4.69) is 15.5 Å². The summed E-state index contributed by atoms with van der Waals surface area (Å²) in [4.78, 5) is 14.3. The molecular formula is C16H29N3O2. The molecule has 3 rings (SSSR count). The molecule has 2 aliphatic carbocycles. The topological polar surface area (TPSA) is 64.6 Å². The maximum absolute atomic E-state index is 11.8. The zero-order valence-electron chi connectivity index (χ0n) is 12.9. The lowest BCUT2D eigenvalue weighted by Crippen LogP contribution is -2.45. The van der Waals surface area contributed by atoms with Crippen LogP contribution in [0.4, 0.5) is 4.79 Å². The van der Waals surface area contributed by atoms with Gasteiger partial charge in [0.25, 0.3) is 0 Å². The number of likely N-dealkylation sites (tertiary alicyclic amines) is 1. The van der Waals surface area contributed by atoms with Crippen molar-refractivity contribution in [3.63, 3.8) is 0 Å². The van der Waals surface area contributed by atoms with Crippen molar-refractivity contribution in [2.75, 3.05) is 26.2 Å². The molecule has 3 aliphatic rings. The fourth-order valence-corrected chi connectivity index (χ4v) is 3.76. The van der Waals surface area contributed by atoms with Gasteiger partial charge in [0, 0.05) is 32.2 Å². The van der Waals surface area contributed by atoms with Gasteiger partial charge in [0.1, 0.15) is 0 Å². The van der Waals surface area contributed by atoms with E-state index < -0.39 is 0 Å². The zero-order valence-corrected chi connectivity index (χ0v) is 12.9. The van der Waals surface area contributed by atoms with Crippen LogP contribution in [0.15, 0.2) is 0 Å². The van der Waals surface area contributed by atoms with Crippen molar-refractivity contribution >= 4 is 6.03 Å². The highest BCUT2D eigenvalue weighted by molar-refractivity contribution is 5.74. The van der Waals surface area contributed by atoms with Gasteiger partial charge in [-0.25, -0.2) is 4.79 Å². The van der Waals surface area contributed by atoms with Gasteiger partial charge in [0.15, 0.2) is 0 Å². The third kappa shape index (κ3) is 4.58. The molecule has 2 amide bonds. The quantitative estimate of drug-likeness (QED) is 0.692. The normalized spacial score (nSPS) is 28.7. The standard InChI is InChI=1S/C16H29N3O2/c20-15(13-5-6-13)9-17-16(21)18-14-7-8-19(11-14)10-12-3-1-2-4-12/h12-15,20H,1-11H2,(H2,17,18,21). The molecule has 0 bridgehead atoms. The molecule has 5 nitrogen and oxygen atoms in total. The van der Waals surface area contributed by atoms with Crippen molar-refractivity contribution in [3.05, 3.63) is 0 Å². The van der Waals surface area contributed by atoms with Crippen molar-refractivity contribution in [1.82, 2.24) is 15.5 Å². The Morgan fingerprint density at radius 1 is 1.19 bits per heavy atom. The Kier molecular flexibility index (Phi) is 5.01. The Labute approximate surface area is 127 Å². The van der Waals surface area contributed by atoms with Crippen molar-refractivity contribution in [3.8, 4) is 0 Å². The van der Waals surface area contributed by atoms with Crippen LogP contribution < -0.4 is 10.6 Å². The number of carbonyl (C=O) groups is 1. The first-order valence-corrected chi connectivity index (χ1v) is 8.65. The smallest absolute Gasteiger partial charge is 0.315 e. The third-order valence-electron chi connectivity index (χ3n) is 5.24. The molecular weight excluding hydrogens is 266 g/mol. The van der Waals surface area contributed by atoms with Gasteiger partial charge >= 0.3 is 6.03 Å². The second-order valence-electron chi connectivity index (χ2n) is 7.15. The highest BCUT2D eigenvalue weighted by atomic mass is 16.3. The number of nitrogens with zero attached hydrogens (tertiary/aromatic N) is 1. The first kappa shape index (κ1) is 15.1. The Morgan fingerprint density at radius 3 is 2.67 bits per heavy atom. The van der Waals surface area contributed by atoms with Gasteiger partial charge in [0.2, 0.25) is 0 Å². The van der Waals surface area contributed by atoms with Gasteiger partial charge in [0.05, 0.1) is 6.10 Å². The Balaban J connectivity index is 1.30. The molecule has 0 aromatic rings. The number of hydrogen-bond donors (Lipinski definition) is 3. The van der Waals surface area contributed by atoms with Gasteiger partial charge in [-0.05, 0) is 43.9 Å². The van der Waals surface area contributed by atoms with Gasteiger partial charge in [-0.15, -0.1) is 0 Å². The monoisotopic (exact) mass is 295 g/mol. The highest BCUT2D eigenvalue weighted by Gasteiger charge is 2.30. The van der Waals surface area contributed by atoms with E-state index in [9.17, 15) is 9.90 Å². The predicted molar refractivity (Wildman–Crippen MR) is 82.1 cm³/mol. The maximum Gasteiger partial charge on any atom is 0.315 e. The average Bonchev–Trinajstić information content (AvgIpc) is 3.04. The summed E-state index contributed by atoms with van der Waals surface area (Å²) >= 11 is 0. The largest absolute Gasteiger partial charge is 0.391 e. The minimum Gasteiger partial charge on any atom is -0.391 e. The van der Waals surface area contributed by atoms with Crippen LogP contribution in [0.3, 0.4) is 0 Å². The molecule has 1 heterocycles. The van der Waals surface area contributed by atoms with E-state index in [0.717, 1.165) is 38.3 Å². The van der Waals surface area contributed by atoms with E-state index in [1.807, 2.05) is 0 Å². The van der Waals surface area contributed by atoms with Crippen LogP contribution in [0.1, 0.15) is 44.9 Å². The third-order valence-corrected chi connectivity index (χ3v) is 5.24. The van der Waals surface area contributed by atoms with Crippen LogP contribution >= 0.6 is 0 Å². The van der Waals surface area contributed by atoms with Crippen molar-refractivity contribution in [2.45, 2.75) is 57.1 Å². The Bertz CT molecular complexity index is 353.